The van der Waals surface area contributed by atoms with Crippen LogP contribution in [0.4, 0.5) is 0 Å². The normalized spacial score (nSPS) is 9.11. The van der Waals surface area contributed by atoms with Gasteiger partial charge in [-0.15, -0.1) is 0 Å². The molecular formula is C7H14OS. The lowest BCUT2D eigenvalue weighted by Gasteiger charge is -1.92. The minimum Gasteiger partial charge on any atom is -0.212 e. The first-order valence-electron chi connectivity index (χ1n) is 3.43. The minimum absolute atomic E-state index is 0.642. The van der Waals surface area contributed by atoms with Crippen LogP contribution in [0.3, 0.4) is 0 Å². The summed E-state index contributed by atoms with van der Waals surface area (Å²) in [6.45, 7) is 4.08. The van der Waals surface area contributed by atoms with Gasteiger partial charge in [-0.1, -0.05) is 19.8 Å². The molecule has 0 atom stereocenters. The summed E-state index contributed by atoms with van der Waals surface area (Å²) in [6.07, 6.45) is 4.66. The van der Waals surface area contributed by atoms with E-state index in [0.29, 0.717) is 11.3 Å². The van der Waals surface area contributed by atoms with E-state index in [-0.39, 0.29) is 0 Å². The molecule has 0 aliphatic heterocycles. The van der Waals surface area contributed by atoms with Crippen molar-refractivity contribution in [3.8, 4) is 0 Å². The third kappa shape index (κ3) is 5.77. The van der Waals surface area contributed by atoms with Crippen molar-refractivity contribution in [3.05, 3.63) is 0 Å². The third-order valence-electron chi connectivity index (χ3n) is 1.27. The van der Waals surface area contributed by atoms with Crippen LogP contribution in [-0.4, -0.2) is 9.07 Å². The SMILES string of the molecule is CCCCCC(C)=S=O. The molecule has 0 unspecified atom stereocenters. The molecule has 0 aliphatic carbocycles. The standard InChI is InChI=1S/C7H14OS/c1-3-4-5-6-7(2)9-8/h3-6H2,1-2H3. The number of rotatable bonds is 4. The summed E-state index contributed by atoms with van der Waals surface area (Å²) < 4.78 is 10.1. The number of unbranched alkanes of at least 4 members (excludes halogenated alkanes) is 2. The summed E-state index contributed by atoms with van der Waals surface area (Å²) in [6, 6.07) is 0. The molecule has 0 amide bonds. The van der Waals surface area contributed by atoms with E-state index in [1.54, 1.807) is 0 Å². The molecule has 0 spiro atoms. The van der Waals surface area contributed by atoms with Crippen molar-refractivity contribution in [1.29, 1.82) is 0 Å². The van der Waals surface area contributed by atoms with Gasteiger partial charge in [-0.2, -0.15) is 0 Å². The Labute approximate surface area is 60.5 Å². The highest BCUT2D eigenvalue weighted by Crippen LogP contribution is 1.98. The van der Waals surface area contributed by atoms with Crippen molar-refractivity contribution in [2.45, 2.75) is 39.5 Å². The van der Waals surface area contributed by atoms with Crippen molar-refractivity contribution in [1.82, 2.24) is 0 Å². The fourth-order valence-corrected chi connectivity index (χ4v) is 0.893. The Bertz CT molecular complexity index is 114. The predicted molar refractivity (Wildman–Crippen MR) is 43.0 cm³/mol. The van der Waals surface area contributed by atoms with Gasteiger partial charge >= 0.3 is 0 Å². The Morgan fingerprint density at radius 2 is 2.11 bits per heavy atom. The highest BCUT2D eigenvalue weighted by molar-refractivity contribution is 7.66. The first kappa shape index (κ1) is 8.89. The smallest absolute Gasteiger partial charge is 0.0873 e. The van der Waals surface area contributed by atoms with Gasteiger partial charge in [0, 0.05) is 4.86 Å². The van der Waals surface area contributed by atoms with Crippen LogP contribution in [0.2, 0.25) is 0 Å². The molecule has 0 saturated carbocycles. The summed E-state index contributed by atoms with van der Waals surface area (Å²) in [5.41, 5.74) is 0. The molecule has 0 saturated heterocycles. The molecule has 54 valence electrons. The first-order valence-corrected chi connectivity index (χ1v) is 4.17. The maximum Gasteiger partial charge on any atom is 0.0873 e. The number of hydrogen-bond acceptors (Lipinski definition) is 1. The van der Waals surface area contributed by atoms with Crippen LogP contribution in [-0.2, 0) is 11.3 Å². The average Bonchev–Trinajstić information content (AvgIpc) is 1.89. The lowest BCUT2D eigenvalue weighted by molar-refractivity contribution is 0.699. The second-order valence-electron chi connectivity index (χ2n) is 2.24. The van der Waals surface area contributed by atoms with Crippen LogP contribution in [0.1, 0.15) is 39.5 Å². The predicted octanol–water partition coefficient (Wildman–Crippen LogP) is 1.97. The molecule has 0 bridgehead atoms. The van der Waals surface area contributed by atoms with Gasteiger partial charge < -0.3 is 0 Å². The van der Waals surface area contributed by atoms with E-state index in [4.69, 9.17) is 0 Å². The van der Waals surface area contributed by atoms with Crippen LogP contribution in [0.5, 0.6) is 0 Å². The summed E-state index contributed by atoms with van der Waals surface area (Å²) in [5.74, 6) is 0. The van der Waals surface area contributed by atoms with E-state index in [1.165, 1.54) is 19.3 Å². The van der Waals surface area contributed by atoms with E-state index in [9.17, 15) is 4.21 Å². The molecule has 0 aromatic carbocycles. The Kier molecular flexibility index (Phi) is 5.94. The third-order valence-corrected chi connectivity index (χ3v) is 1.76. The molecular weight excluding hydrogens is 132 g/mol. The zero-order valence-electron chi connectivity index (χ0n) is 6.14. The van der Waals surface area contributed by atoms with Crippen LogP contribution < -0.4 is 0 Å². The van der Waals surface area contributed by atoms with Crippen LogP contribution >= 0.6 is 0 Å². The van der Waals surface area contributed by atoms with Gasteiger partial charge in [-0.05, 0) is 19.8 Å². The van der Waals surface area contributed by atoms with Crippen molar-refractivity contribution in [2.24, 2.45) is 0 Å². The van der Waals surface area contributed by atoms with Gasteiger partial charge in [-0.3, -0.25) is 0 Å². The van der Waals surface area contributed by atoms with Crippen molar-refractivity contribution in [2.75, 3.05) is 0 Å². The van der Waals surface area contributed by atoms with Gasteiger partial charge in [0.1, 0.15) is 0 Å². The maximum absolute atomic E-state index is 10.1. The summed E-state index contributed by atoms with van der Waals surface area (Å²) in [7, 11) is 0. The zero-order valence-corrected chi connectivity index (χ0v) is 6.96. The van der Waals surface area contributed by atoms with E-state index >= 15 is 0 Å². The van der Waals surface area contributed by atoms with Crippen molar-refractivity contribution >= 4 is 16.1 Å². The fraction of sp³-hybridized carbons (Fsp3) is 0.857. The maximum atomic E-state index is 10.1. The van der Waals surface area contributed by atoms with E-state index in [0.717, 1.165) is 11.3 Å². The molecule has 9 heavy (non-hydrogen) atoms. The number of hydrogen-bond donors (Lipinski definition) is 0. The second-order valence-corrected chi connectivity index (χ2v) is 3.11. The average molecular weight is 146 g/mol. The zero-order chi connectivity index (χ0) is 7.11. The van der Waals surface area contributed by atoms with E-state index in [1.807, 2.05) is 6.92 Å². The van der Waals surface area contributed by atoms with Gasteiger partial charge in [0.25, 0.3) is 0 Å². The molecule has 0 radical (unpaired) electrons. The highest BCUT2D eigenvalue weighted by atomic mass is 32.1. The summed E-state index contributed by atoms with van der Waals surface area (Å²) >= 11 is 0.642. The van der Waals surface area contributed by atoms with Gasteiger partial charge in [0.2, 0.25) is 0 Å². The van der Waals surface area contributed by atoms with E-state index < -0.39 is 0 Å². The second kappa shape index (κ2) is 6.02. The Balaban J connectivity index is 3.17. The molecule has 0 heterocycles. The Hall–Kier alpha value is -0.110. The van der Waals surface area contributed by atoms with Gasteiger partial charge in [0.05, 0.1) is 11.3 Å². The lowest BCUT2D eigenvalue weighted by atomic mass is 10.2. The summed E-state index contributed by atoms with van der Waals surface area (Å²) in [5, 5.41) is 0. The molecule has 2 heteroatoms. The molecule has 0 aromatic heterocycles. The molecule has 0 N–H and O–H groups in total. The van der Waals surface area contributed by atoms with Crippen LogP contribution in [0.15, 0.2) is 0 Å². The summed E-state index contributed by atoms with van der Waals surface area (Å²) in [4.78, 5) is 1.02. The van der Waals surface area contributed by atoms with Gasteiger partial charge in [-0.25, -0.2) is 4.21 Å². The lowest BCUT2D eigenvalue weighted by Crippen LogP contribution is -1.88. The Morgan fingerprint density at radius 1 is 1.44 bits per heavy atom. The van der Waals surface area contributed by atoms with Crippen LogP contribution in [0, 0.1) is 0 Å². The van der Waals surface area contributed by atoms with Crippen LogP contribution in [0.25, 0.3) is 0 Å². The van der Waals surface area contributed by atoms with Crippen molar-refractivity contribution < 1.29 is 4.21 Å². The van der Waals surface area contributed by atoms with E-state index in [2.05, 4.69) is 6.92 Å². The van der Waals surface area contributed by atoms with Crippen molar-refractivity contribution in [3.63, 3.8) is 0 Å². The largest absolute Gasteiger partial charge is 0.212 e. The van der Waals surface area contributed by atoms with Gasteiger partial charge in [0.15, 0.2) is 0 Å². The monoisotopic (exact) mass is 146 g/mol. The topological polar surface area (TPSA) is 17.1 Å². The first-order chi connectivity index (χ1) is 4.31. The molecule has 0 rings (SSSR count). The Morgan fingerprint density at radius 3 is 2.56 bits per heavy atom. The highest BCUT2D eigenvalue weighted by Gasteiger charge is 1.88. The quantitative estimate of drug-likeness (QED) is 0.438. The fourth-order valence-electron chi connectivity index (χ4n) is 0.666. The molecule has 0 aliphatic rings. The molecule has 1 nitrogen and oxygen atoms in total. The minimum atomic E-state index is 0.642. The molecule has 0 aromatic rings. The molecule has 0 fully saturated rings.